The van der Waals surface area contributed by atoms with Gasteiger partial charge >= 0.3 is 12.1 Å². The van der Waals surface area contributed by atoms with Crippen molar-refractivity contribution < 1.29 is 28.5 Å². The molecule has 1 amide bonds. The summed E-state index contributed by atoms with van der Waals surface area (Å²) in [4.78, 5) is 24.4. The Morgan fingerprint density at radius 2 is 1.56 bits per heavy atom. The smallest absolute Gasteiger partial charge is 0.407 e. The number of carbonyl (C=O) groups excluding carboxylic acids is 1. The van der Waals surface area contributed by atoms with E-state index >= 15 is 0 Å². The van der Waals surface area contributed by atoms with Crippen molar-refractivity contribution >= 4 is 35.4 Å². The normalized spacial score (nSPS) is 15.8. The predicted molar refractivity (Wildman–Crippen MR) is 142 cm³/mol. The third-order valence-corrected chi connectivity index (χ3v) is 11.0. The van der Waals surface area contributed by atoms with Gasteiger partial charge in [-0.25, -0.2) is 9.59 Å². The van der Waals surface area contributed by atoms with Crippen molar-refractivity contribution in [3.05, 3.63) is 95.1 Å². The number of fused-ring (bicyclic) bond motifs is 3. The van der Waals surface area contributed by atoms with Crippen molar-refractivity contribution in [1.82, 2.24) is 5.32 Å². The number of carboxylic acid groups (broad SMARTS) is 1. The quantitative estimate of drug-likeness (QED) is 0.235. The molecule has 2 unspecified atom stereocenters. The van der Waals surface area contributed by atoms with Crippen molar-refractivity contribution in [1.29, 1.82) is 0 Å². The van der Waals surface area contributed by atoms with E-state index in [1.165, 1.54) is 7.11 Å². The fourth-order valence-electron chi connectivity index (χ4n) is 4.39. The summed E-state index contributed by atoms with van der Waals surface area (Å²) in [6.45, 7) is 1.64. The predicted octanol–water partition coefficient (Wildman–Crippen LogP) is 6.17. The molecule has 1 aliphatic carbocycles. The minimum Gasteiger partial charge on any atom is -0.480 e. The maximum absolute atomic E-state index is 12.6. The number of rotatable bonds is 9. The third-order valence-electron chi connectivity index (χ3n) is 6.40. The molecule has 7 nitrogen and oxygen atoms in total. The monoisotopic (exact) mass is 571 g/mol. The zero-order valence-corrected chi connectivity index (χ0v) is 22.4. The number of benzene rings is 3. The molecule has 0 spiro atoms. The van der Waals surface area contributed by atoms with Gasteiger partial charge in [-0.3, -0.25) is 4.57 Å². The number of carbonyl (C=O) groups is 2. The van der Waals surface area contributed by atoms with Gasteiger partial charge in [-0.1, -0.05) is 88.7 Å². The molecule has 1 aliphatic rings. The van der Waals surface area contributed by atoms with Crippen LogP contribution in [0.1, 0.15) is 32.7 Å². The lowest BCUT2D eigenvalue weighted by molar-refractivity contribution is -0.139. The van der Waals surface area contributed by atoms with E-state index < -0.39 is 30.0 Å². The van der Waals surface area contributed by atoms with Crippen LogP contribution in [0.3, 0.4) is 0 Å². The zero-order chi connectivity index (χ0) is 25.9. The Balaban J connectivity index is 1.39. The molecule has 0 fully saturated rings. The second kappa shape index (κ2) is 11.0. The molecule has 0 radical (unpaired) electrons. The number of hydrogen-bond acceptors (Lipinski definition) is 5. The van der Waals surface area contributed by atoms with Gasteiger partial charge in [0.25, 0.3) is 0 Å². The maximum Gasteiger partial charge on any atom is 0.407 e. The Morgan fingerprint density at radius 3 is 2.08 bits per heavy atom. The highest BCUT2D eigenvalue weighted by Gasteiger charge is 2.30. The van der Waals surface area contributed by atoms with Crippen molar-refractivity contribution in [3.8, 4) is 11.1 Å². The van der Waals surface area contributed by atoms with E-state index in [2.05, 4.69) is 21.2 Å². The lowest BCUT2D eigenvalue weighted by atomic mass is 9.98. The van der Waals surface area contributed by atoms with E-state index in [0.717, 1.165) is 27.8 Å². The van der Waals surface area contributed by atoms with Gasteiger partial charge in [-0.05, 0) is 33.4 Å². The van der Waals surface area contributed by atoms with Crippen molar-refractivity contribution in [3.63, 3.8) is 0 Å². The molecular weight excluding hydrogens is 545 g/mol. The van der Waals surface area contributed by atoms with Crippen LogP contribution in [0.5, 0.6) is 0 Å². The van der Waals surface area contributed by atoms with E-state index in [-0.39, 0.29) is 18.9 Å². The van der Waals surface area contributed by atoms with Gasteiger partial charge in [0, 0.05) is 26.1 Å². The Morgan fingerprint density at radius 1 is 1.00 bits per heavy atom. The molecule has 4 rings (SSSR count). The Bertz CT molecular complexity index is 1270. The lowest BCUT2D eigenvalue weighted by Gasteiger charge is -2.19. The van der Waals surface area contributed by atoms with Gasteiger partial charge < -0.3 is 19.7 Å². The topological polar surface area (TPSA) is 102 Å². The summed E-state index contributed by atoms with van der Waals surface area (Å²) < 4.78 is 22.6. The second-order valence-electron chi connectivity index (χ2n) is 8.73. The third kappa shape index (κ3) is 5.56. The summed E-state index contributed by atoms with van der Waals surface area (Å²) in [5, 5.41) is 12.1. The molecule has 2 N–H and O–H groups in total. The first-order chi connectivity index (χ1) is 17.2. The number of ether oxygens (including phenoxy) is 1. The molecule has 36 heavy (non-hydrogen) atoms. The highest BCUT2D eigenvalue weighted by atomic mass is 79.9. The van der Waals surface area contributed by atoms with Crippen molar-refractivity contribution in [2.75, 3.05) is 20.4 Å². The van der Waals surface area contributed by atoms with Gasteiger partial charge in [0.2, 0.25) is 7.37 Å². The summed E-state index contributed by atoms with van der Waals surface area (Å²) in [6, 6.07) is 21.8. The van der Waals surface area contributed by atoms with Gasteiger partial charge in [0.15, 0.2) is 0 Å². The molecule has 0 saturated carbocycles. The number of nitrogens with one attached hydrogen (secondary N) is 1. The van der Waals surface area contributed by atoms with Gasteiger partial charge in [-0.15, -0.1) is 0 Å². The SMILES string of the molecule is COP(C)(=O)C(Br)c1ccc(C[C@H](NC(=O)OCC2c3ccccc3-c3ccccc32)C(=O)O)cc1. The minimum absolute atomic E-state index is 0.0703. The second-order valence-corrected chi connectivity index (χ2v) is 13.1. The zero-order valence-electron chi connectivity index (χ0n) is 19.9. The van der Waals surface area contributed by atoms with E-state index in [9.17, 15) is 19.3 Å². The Hall–Kier alpha value is -2.93. The van der Waals surface area contributed by atoms with Gasteiger partial charge in [0.05, 0.1) is 0 Å². The maximum atomic E-state index is 12.6. The summed E-state index contributed by atoms with van der Waals surface area (Å²) in [6.07, 6.45) is -0.714. The van der Waals surface area contributed by atoms with Gasteiger partial charge in [0.1, 0.15) is 17.2 Å². The Labute approximate surface area is 218 Å². The number of hydrogen-bond donors (Lipinski definition) is 2. The molecule has 0 heterocycles. The van der Waals surface area contributed by atoms with Crippen LogP contribution < -0.4 is 5.32 Å². The average Bonchev–Trinajstić information content (AvgIpc) is 3.20. The van der Waals surface area contributed by atoms with Crippen molar-refractivity contribution in [2.45, 2.75) is 22.9 Å². The first-order valence-corrected chi connectivity index (χ1v) is 14.5. The van der Waals surface area contributed by atoms with Crippen LogP contribution in [-0.4, -0.2) is 43.6 Å². The van der Waals surface area contributed by atoms with Crippen LogP contribution >= 0.6 is 23.3 Å². The molecule has 188 valence electrons. The van der Waals surface area contributed by atoms with Crippen LogP contribution in [0, 0.1) is 0 Å². The highest BCUT2D eigenvalue weighted by Crippen LogP contribution is 2.59. The first-order valence-electron chi connectivity index (χ1n) is 11.4. The molecule has 0 aromatic heterocycles. The molecule has 9 heteroatoms. The molecule has 0 saturated heterocycles. The van der Waals surface area contributed by atoms with Crippen LogP contribution in [0.2, 0.25) is 0 Å². The molecular formula is C27H27BrNO6P. The molecule has 3 aromatic rings. The van der Waals surface area contributed by atoms with Crippen LogP contribution in [0.25, 0.3) is 11.1 Å². The van der Waals surface area contributed by atoms with Crippen molar-refractivity contribution in [2.24, 2.45) is 0 Å². The average molecular weight is 572 g/mol. The largest absolute Gasteiger partial charge is 0.480 e. The first kappa shape index (κ1) is 26.1. The van der Waals surface area contributed by atoms with E-state index in [1.54, 1.807) is 30.9 Å². The summed E-state index contributed by atoms with van der Waals surface area (Å²) in [7, 11) is -1.47. The number of carboxylic acids is 1. The van der Waals surface area contributed by atoms with Crippen LogP contribution in [-0.2, 0) is 25.0 Å². The number of alkyl carbamates (subject to hydrolysis) is 1. The van der Waals surface area contributed by atoms with Crippen LogP contribution in [0.15, 0.2) is 72.8 Å². The number of aliphatic carboxylic acids is 1. The molecule has 3 aromatic carbocycles. The summed E-state index contributed by atoms with van der Waals surface area (Å²) in [5.74, 6) is -1.28. The molecule has 3 atom stereocenters. The van der Waals surface area contributed by atoms with Gasteiger partial charge in [-0.2, -0.15) is 0 Å². The van der Waals surface area contributed by atoms with E-state index in [0.29, 0.717) is 5.56 Å². The Kier molecular flexibility index (Phi) is 7.98. The summed E-state index contributed by atoms with van der Waals surface area (Å²) >= 11 is 3.41. The molecule has 0 bridgehead atoms. The fraction of sp³-hybridized carbons (Fsp3) is 0.259. The number of alkyl halides is 1. The van der Waals surface area contributed by atoms with E-state index in [4.69, 9.17) is 9.26 Å². The van der Waals surface area contributed by atoms with Crippen LogP contribution in [0.4, 0.5) is 4.79 Å². The highest BCUT2D eigenvalue weighted by molar-refractivity contribution is 9.10. The minimum atomic E-state index is -2.87. The number of amides is 1. The molecule has 0 aliphatic heterocycles. The fourth-order valence-corrected chi connectivity index (χ4v) is 6.10. The number of halogens is 1. The summed E-state index contributed by atoms with van der Waals surface area (Å²) in [5.41, 5.74) is 5.85. The standard InChI is InChI=1S/C27H27BrNO6P/c1-34-36(2,33)25(28)18-13-11-17(12-14-18)15-24(26(30)31)29-27(32)35-16-23-21-9-5-3-7-19(21)20-8-4-6-10-22(20)23/h3-14,23-25H,15-16H2,1-2H3,(H,29,32)(H,30,31)/t24-,25?,36?/m0/s1. The lowest BCUT2D eigenvalue weighted by Crippen LogP contribution is -2.42. The van der Waals surface area contributed by atoms with E-state index in [1.807, 2.05) is 48.5 Å².